The van der Waals surface area contributed by atoms with Crippen molar-refractivity contribution < 1.29 is 4.79 Å². The van der Waals surface area contributed by atoms with Crippen LogP contribution in [-0.2, 0) is 4.79 Å². The van der Waals surface area contributed by atoms with Gasteiger partial charge in [0.25, 0.3) is 0 Å². The van der Waals surface area contributed by atoms with E-state index in [2.05, 4.69) is 47.9 Å². The molecule has 2 aromatic rings. The second-order valence-corrected chi connectivity index (χ2v) is 6.99. The van der Waals surface area contributed by atoms with Crippen molar-refractivity contribution in [2.24, 2.45) is 5.92 Å². The average Bonchev–Trinajstić information content (AvgIpc) is 2.55. The van der Waals surface area contributed by atoms with Gasteiger partial charge in [-0.05, 0) is 48.3 Å². The smallest absolute Gasteiger partial charge is 0.230 e. The summed E-state index contributed by atoms with van der Waals surface area (Å²) >= 11 is 1.61. The summed E-state index contributed by atoms with van der Waals surface area (Å²) in [6.45, 7) is 4.17. The largest absolute Gasteiger partial charge is 0.352 e. The average molecular weight is 314 g/mol. The molecule has 2 unspecified atom stereocenters. The van der Waals surface area contributed by atoms with Gasteiger partial charge in [0.2, 0.25) is 5.91 Å². The molecule has 0 saturated carbocycles. The molecule has 3 rings (SSSR count). The molecular weight excluding hydrogens is 292 g/mol. The zero-order valence-corrected chi connectivity index (χ0v) is 13.7. The standard InChI is InChI=1S/C18H22N2OS/c1-13-11-19-9-8-17(13)20-18(21)12-22-16-7-6-14-4-2-3-5-15(14)10-16/h2-7,10,13,17,19H,8-9,11-12H2,1H3,(H,20,21). The number of fused-ring (bicyclic) bond motifs is 1. The minimum atomic E-state index is 0.136. The number of amides is 1. The van der Waals surface area contributed by atoms with Gasteiger partial charge in [-0.2, -0.15) is 0 Å². The first-order valence-electron chi connectivity index (χ1n) is 7.84. The van der Waals surface area contributed by atoms with Gasteiger partial charge in [-0.15, -0.1) is 11.8 Å². The van der Waals surface area contributed by atoms with Crippen LogP contribution in [0, 0.1) is 5.92 Å². The highest BCUT2D eigenvalue weighted by molar-refractivity contribution is 8.00. The Bertz CT molecular complexity index is 658. The Balaban J connectivity index is 1.55. The summed E-state index contributed by atoms with van der Waals surface area (Å²) < 4.78 is 0. The molecule has 0 aliphatic carbocycles. The fourth-order valence-corrected chi connectivity index (χ4v) is 3.64. The second-order valence-electron chi connectivity index (χ2n) is 5.94. The second kappa shape index (κ2) is 7.16. The fourth-order valence-electron chi connectivity index (χ4n) is 2.88. The third-order valence-electron chi connectivity index (χ3n) is 4.22. The Kier molecular flexibility index (Phi) is 5.01. The molecule has 2 N–H and O–H groups in total. The van der Waals surface area contributed by atoms with Gasteiger partial charge < -0.3 is 10.6 Å². The molecule has 22 heavy (non-hydrogen) atoms. The molecule has 2 aromatic carbocycles. The van der Waals surface area contributed by atoms with Crippen LogP contribution >= 0.6 is 11.8 Å². The topological polar surface area (TPSA) is 41.1 Å². The molecule has 3 nitrogen and oxygen atoms in total. The van der Waals surface area contributed by atoms with E-state index in [0.717, 1.165) is 24.4 Å². The monoisotopic (exact) mass is 314 g/mol. The zero-order chi connectivity index (χ0) is 15.4. The molecule has 1 heterocycles. The Morgan fingerprint density at radius 3 is 2.91 bits per heavy atom. The van der Waals surface area contributed by atoms with Crippen molar-refractivity contribution in [1.82, 2.24) is 10.6 Å². The van der Waals surface area contributed by atoms with Gasteiger partial charge in [-0.3, -0.25) is 4.79 Å². The Hall–Kier alpha value is -1.52. The van der Waals surface area contributed by atoms with Gasteiger partial charge in [0.1, 0.15) is 0 Å². The first kappa shape index (κ1) is 15.4. The Labute approximate surface area is 135 Å². The van der Waals surface area contributed by atoms with Crippen molar-refractivity contribution in [3.8, 4) is 0 Å². The Morgan fingerprint density at radius 1 is 1.27 bits per heavy atom. The van der Waals surface area contributed by atoms with E-state index in [1.807, 2.05) is 12.1 Å². The SMILES string of the molecule is CC1CNCCC1NC(=O)CSc1ccc2ccccc2c1. The molecule has 1 aliphatic heterocycles. The van der Waals surface area contributed by atoms with Crippen molar-refractivity contribution in [3.05, 3.63) is 42.5 Å². The lowest BCUT2D eigenvalue weighted by atomic mass is 9.95. The summed E-state index contributed by atoms with van der Waals surface area (Å²) in [6.07, 6.45) is 1.02. The van der Waals surface area contributed by atoms with Crippen molar-refractivity contribution in [3.63, 3.8) is 0 Å². The molecule has 2 atom stereocenters. The van der Waals surface area contributed by atoms with Gasteiger partial charge in [0.05, 0.1) is 5.75 Å². The summed E-state index contributed by atoms with van der Waals surface area (Å²) in [4.78, 5) is 13.3. The number of benzene rings is 2. The summed E-state index contributed by atoms with van der Waals surface area (Å²) in [7, 11) is 0. The molecule has 1 amide bonds. The van der Waals surface area contributed by atoms with Crippen LogP contribution in [0.15, 0.2) is 47.4 Å². The van der Waals surface area contributed by atoms with Crippen LogP contribution in [0.3, 0.4) is 0 Å². The number of carbonyl (C=O) groups is 1. The molecule has 0 radical (unpaired) electrons. The number of hydrogen-bond donors (Lipinski definition) is 2. The van der Waals surface area contributed by atoms with Crippen molar-refractivity contribution in [1.29, 1.82) is 0 Å². The lowest BCUT2D eigenvalue weighted by Crippen LogP contribution is -2.48. The normalized spacial score (nSPS) is 21.7. The lowest BCUT2D eigenvalue weighted by Gasteiger charge is -2.30. The van der Waals surface area contributed by atoms with E-state index in [9.17, 15) is 4.79 Å². The number of piperidine rings is 1. The van der Waals surface area contributed by atoms with E-state index >= 15 is 0 Å². The minimum Gasteiger partial charge on any atom is -0.352 e. The lowest BCUT2D eigenvalue weighted by molar-refractivity contribution is -0.119. The minimum absolute atomic E-state index is 0.136. The highest BCUT2D eigenvalue weighted by atomic mass is 32.2. The van der Waals surface area contributed by atoms with Gasteiger partial charge >= 0.3 is 0 Å². The van der Waals surface area contributed by atoms with Crippen LogP contribution in [0.2, 0.25) is 0 Å². The van der Waals surface area contributed by atoms with Gasteiger partial charge in [-0.25, -0.2) is 0 Å². The molecule has 1 saturated heterocycles. The van der Waals surface area contributed by atoms with Crippen LogP contribution in [0.25, 0.3) is 10.8 Å². The number of hydrogen-bond acceptors (Lipinski definition) is 3. The highest BCUT2D eigenvalue weighted by Crippen LogP contribution is 2.23. The van der Waals surface area contributed by atoms with Crippen LogP contribution in [0.1, 0.15) is 13.3 Å². The van der Waals surface area contributed by atoms with Crippen LogP contribution in [0.4, 0.5) is 0 Å². The molecule has 1 aliphatic rings. The molecule has 0 aromatic heterocycles. The molecule has 0 bridgehead atoms. The fraction of sp³-hybridized carbons (Fsp3) is 0.389. The van der Waals surface area contributed by atoms with E-state index in [4.69, 9.17) is 0 Å². The van der Waals surface area contributed by atoms with Gasteiger partial charge in [-0.1, -0.05) is 37.3 Å². The van der Waals surface area contributed by atoms with Gasteiger partial charge in [0.15, 0.2) is 0 Å². The maximum Gasteiger partial charge on any atom is 0.230 e. The predicted octanol–water partition coefficient (Wildman–Crippen LogP) is 3.05. The predicted molar refractivity (Wildman–Crippen MR) is 93.3 cm³/mol. The number of rotatable bonds is 4. The third kappa shape index (κ3) is 3.81. The van der Waals surface area contributed by atoms with E-state index in [1.165, 1.54) is 10.8 Å². The molecule has 1 fully saturated rings. The van der Waals surface area contributed by atoms with E-state index < -0.39 is 0 Å². The van der Waals surface area contributed by atoms with Crippen LogP contribution in [-0.4, -0.2) is 30.8 Å². The maximum atomic E-state index is 12.1. The third-order valence-corrected chi connectivity index (χ3v) is 5.22. The highest BCUT2D eigenvalue weighted by Gasteiger charge is 2.22. The van der Waals surface area contributed by atoms with E-state index in [1.54, 1.807) is 11.8 Å². The molecule has 116 valence electrons. The molecular formula is C18H22N2OS. The number of carbonyl (C=O) groups excluding carboxylic acids is 1. The Morgan fingerprint density at radius 2 is 2.09 bits per heavy atom. The summed E-state index contributed by atoms with van der Waals surface area (Å²) in [6, 6.07) is 15.0. The van der Waals surface area contributed by atoms with Crippen molar-refractivity contribution in [2.75, 3.05) is 18.8 Å². The summed E-state index contributed by atoms with van der Waals surface area (Å²) in [5.41, 5.74) is 0. The van der Waals surface area contributed by atoms with Crippen LogP contribution < -0.4 is 10.6 Å². The van der Waals surface area contributed by atoms with Crippen LogP contribution in [0.5, 0.6) is 0 Å². The zero-order valence-electron chi connectivity index (χ0n) is 12.8. The molecule has 4 heteroatoms. The van der Waals surface area contributed by atoms with Crippen molar-refractivity contribution in [2.45, 2.75) is 24.3 Å². The number of thioether (sulfide) groups is 1. The molecule has 0 spiro atoms. The first-order valence-corrected chi connectivity index (χ1v) is 8.82. The number of nitrogens with one attached hydrogen (secondary N) is 2. The maximum absolute atomic E-state index is 12.1. The van der Waals surface area contributed by atoms with E-state index in [-0.39, 0.29) is 5.91 Å². The van der Waals surface area contributed by atoms with Gasteiger partial charge in [0, 0.05) is 10.9 Å². The summed E-state index contributed by atoms with van der Waals surface area (Å²) in [5.74, 6) is 1.12. The summed E-state index contributed by atoms with van der Waals surface area (Å²) in [5, 5.41) is 8.99. The first-order chi connectivity index (χ1) is 10.7. The quantitative estimate of drug-likeness (QED) is 0.852. The van der Waals surface area contributed by atoms with E-state index in [0.29, 0.717) is 17.7 Å². The van der Waals surface area contributed by atoms with Crippen molar-refractivity contribution >= 4 is 28.4 Å².